The van der Waals surface area contributed by atoms with Crippen LogP contribution in [0.15, 0.2) is 12.2 Å². The van der Waals surface area contributed by atoms with E-state index in [-0.39, 0.29) is 0 Å². The first kappa shape index (κ1) is 9.72. The number of allylic oxidation sites excluding steroid dienone is 2. The van der Waals surface area contributed by atoms with Crippen molar-refractivity contribution in [2.24, 2.45) is 0 Å². The fraction of sp³-hybridized carbons (Fsp3) is 0.714. The van der Waals surface area contributed by atoms with Crippen molar-refractivity contribution >= 4 is 7.12 Å². The first-order valence-electron chi connectivity index (χ1n) is 3.74. The zero-order valence-electron chi connectivity index (χ0n) is 6.45. The summed E-state index contributed by atoms with van der Waals surface area (Å²) in [6, 6.07) is 0. The predicted molar refractivity (Wildman–Crippen MR) is 43.7 cm³/mol. The molecule has 0 aromatic carbocycles. The Morgan fingerprint density at radius 1 is 1.30 bits per heavy atom. The first-order valence-corrected chi connectivity index (χ1v) is 3.74. The summed E-state index contributed by atoms with van der Waals surface area (Å²) in [4.78, 5) is 0. The van der Waals surface area contributed by atoms with Crippen LogP contribution in [0.3, 0.4) is 0 Å². The van der Waals surface area contributed by atoms with Crippen LogP contribution in [-0.4, -0.2) is 17.2 Å². The molecule has 10 heavy (non-hydrogen) atoms. The molecule has 0 bridgehead atoms. The minimum Gasteiger partial charge on any atom is -0.427 e. The Morgan fingerprint density at radius 3 is 2.50 bits per heavy atom. The molecule has 0 unspecified atom stereocenters. The molecule has 0 fully saturated rings. The lowest BCUT2D eigenvalue weighted by atomic mass is 9.83. The highest BCUT2D eigenvalue weighted by molar-refractivity contribution is 6.40. The summed E-state index contributed by atoms with van der Waals surface area (Å²) >= 11 is 0. The molecule has 0 aliphatic heterocycles. The number of rotatable bonds is 5. The second kappa shape index (κ2) is 6.84. The van der Waals surface area contributed by atoms with Crippen molar-refractivity contribution in [1.29, 1.82) is 0 Å². The van der Waals surface area contributed by atoms with Crippen molar-refractivity contribution in [2.75, 3.05) is 0 Å². The van der Waals surface area contributed by atoms with Gasteiger partial charge in [0.25, 0.3) is 0 Å². The van der Waals surface area contributed by atoms with Crippen LogP contribution in [0.25, 0.3) is 0 Å². The van der Waals surface area contributed by atoms with Crippen molar-refractivity contribution in [3.05, 3.63) is 12.2 Å². The highest BCUT2D eigenvalue weighted by atomic mass is 16.4. The molecule has 0 amide bonds. The summed E-state index contributed by atoms with van der Waals surface area (Å²) in [6.07, 6.45) is 7.57. The fourth-order valence-electron chi connectivity index (χ4n) is 0.756. The van der Waals surface area contributed by atoms with E-state index in [1.807, 2.05) is 13.0 Å². The van der Waals surface area contributed by atoms with E-state index < -0.39 is 7.12 Å². The van der Waals surface area contributed by atoms with Crippen LogP contribution in [0.1, 0.15) is 26.2 Å². The largest absolute Gasteiger partial charge is 0.451 e. The Morgan fingerprint density at radius 2 is 2.00 bits per heavy atom. The maximum atomic E-state index is 8.45. The lowest BCUT2D eigenvalue weighted by molar-refractivity contribution is 0.402. The van der Waals surface area contributed by atoms with E-state index in [9.17, 15) is 0 Å². The van der Waals surface area contributed by atoms with Gasteiger partial charge >= 0.3 is 7.12 Å². The molecular weight excluding hydrogens is 127 g/mol. The van der Waals surface area contributed by atoms with Gasteiger partial charge in [0, 0.05) is 0 Å². The molecule has 0 aliphatic carbocycles. The van der Waals surface area contributed by atoms with Gasteiger partial charge in [0.1, 0.15) is 0 Å². The molecule has 0 heterocycles. The molecule has 0 aromatic heterocycles. The molecule has 0 aromatic rings. The summed E-state index contributed by atoms with van der Waals surface area (Å²) in [6.45, 7) is 1.99. The van der Waals surface area contributed by atoms with E-state index in [1.165, 1.54) is 0 Å². The zero-order valence-corrected chi connectivity index (χ0v) is 6.45. The molecule has 0 spiro atoms. The Balaban J connectivity index is 2.91. The Kier molecular flexibility index (Phi) is 6.65. The minimum absolute atomic E-state index is 0.498. The topological polar surface area (TPSA) is 40.5 Å². The zero-order chi connectivity index (χ0) is 7.82. The second-order valence-corrected chi connectivity index (χ2v) is 2.33. The van der Waals surface area contributed by atoms with Gasteiger partial charge in [-0.1, -0.05) is 25.0 Å². The van der Waals surface area contributed by atoms with E-state index in [1.54, 1.807) is 0 Å². The molecule has 2 nitrogen and oxygen atoms in total. The van der Waals surface area contributed by atoms with Crippen LogP contribution in [0, 0.1) is 0 Å². The average molecular weight is 142 g/mol. The molecule has 0 saturated carbocycles. The summed E-state index contributed by atoms with van der Waals surface area (Å²) < 4.78 is 0. The standard InChI is InChI=1S/C7H15BO2/c1-2-3-4-5-6-7-8(9)10/h2-3,9-10H,4-7H2,1H3/b3-2+. The van der Waals surface area contributed by atoms with Gasteiger partial charge in [-0.25, -0.2) is 0 Å². The van der Waals surface area contributed by atoms with Crippen molar-refractivity contribution in [3.8, 4) is 0 Å². The van der Waals surface area contributed by atoms with Gasteiger partial charge in [0.15, 0.2) is 0 Å². The molecule has 0 rings (SSSR count). The van der Waals surface area contributed by atoms with Crippen LogP contribution in [0.4, 0.5) is 0 Å². The summed E-state index contributed by atoms with van der Waals surface area (Å²) in [5, 5.41) is 16.9. The SMILES string of the molecule is C/C=C/CCCCB(O)O. The molecular formula is C7H15BO2. The third kappa shape index (κ3) is 7.72. The molecule has 0 radical (unpaired) electrons. The number of unbranched alkanes of at least 4 members (excludes halogenated alkanes) is 2. The van der Waals surface area contributed by atoms with Gasteiger partial charge in [-0.15, -0.1) is 0 Å². The third-order valence-corrected chi connectivity index (χ3v) is 1.32. The lowest BCUT2D eigenvalue weighted by Gasteiger charge is -1.95. The molecule has 0 aliphatic rings. The van der Waals surface area contributed by atoms with E-state index in [0.717, 1.165) is 19.3 Å². The van der Waals surface area contributed by atoms with Crippen molar-refractivity contribution in [1.82, 2.24) is 0 Å². The fourth-order valence-corrected chi connectivity index (χ4v) is 0.756. The third-order valence-electron chi connectivity index (χ3n) is 1.32. The second-order valence-electron chi connectivity index (χ2n) is 2.33. The lowest BCUT2D eigenvalue weighted by Crippen LogP contribution is -2.09. The van der Waals surface area contributed by atoms with Crippen LogP contribution in [-0.2, 0) is 0 Å². The van der Waals surface area contributed by atoms with Gasteiger partial charge in [-0.2, -0.15) is 0 Å². The molecule has 2 N–H and O–H groups in total. The van der Waals surface area contributed by atoms with E-state index in [0.29, 0.717) is 6.32 Å². The van der Waals surface area contributed by atoms with Gasteiger partial charge < -0.3 is 10.0 Å². The highest BCUT2D eigenvalue weighted by Gasteiger charge is 2.03. The summed E-state index contributed by atoms with van der Waals surface area (Å²) in [5.74, 6) is 0. The summed E-state index contributed by atoms with van der Waals surface area (Å²) in [7, 11) is -1.12. The van der Waals surface area contributed by atoms with E-state index in [4.69, 9.17) is 10.0 Å². The Bertz CT molecular complexity index is 91.6. The molecule has 3 heteroatoms. The predicted octanol–water partition coefficient (Wildman–Crippen LogP) is 1.21. The van der Waals surface area contributed by atoms with Crippen LogP contribution < -0.4 is 0 Å². The molecule has 0 atom stereocenters. The first-order chi connectivity index (χ1) is 4.77. The number of hydrogen-bond acceptors (Lipinski definition) is 2. The van der Waals surface area contributed by atoms with Gasteiger partial charge in [0.05, 0.1) is 0 Å². The van der Waals surface area contributed by atoms with Gasteiger partial charge in [-0.05, 0) is 19.7 Å². The van der Waals surface area contributed by atoms with Crippen molar-refractivity contribution in [2.45, 2.75) is 32.5 Å². The van der Waals surface area contributed by atoms with E-state index in [2.05, 4.69) is 6.08 Å². The monoisotopic (exact) mass is 142 g/mol. The van der Waals surface area contributed by atoms with Gasteiger partial charge in [0.2, 0.25) is 0 Å². The van der Waals surface area contributed by atoms with Crippen LogP contribution in [0.5, 0.6) is 0 Å². The minimum atomic E-state index is -1.12. The van der Waals surface area contributed by atoms with E-state index >= 15 is 0 Å². The van der Waals surface area contributed by atoms with Crippen molar-refractivity contribution in [3.63, 3.8) is 0 Å². The normalized spacial score (nSPS) is 10.7. The maximum Gasteiger partial charge on any atom is 0.451 e. The average Bonchev–Trinajstić information content (AvgIpc) is 1.87. The van der Waals surface area contributed by atoms with Crippen molar-refractivity contribution < 1.29 is 10.0 Å². The molecule has 58 valence electrons. The smallest absolute Gasteiger partial charge is 0.427 e. The van der Waals surface area contributed by atoms with Gasteiger partial charge in [-0.3, -0.25) is 0 Å². The van der Waals surface area contributed by atoms with Crippen LogP contribution in [0.2, 0.25) is 6.32 Å². The number of hydrogen-bond donors (Lipinski definition) is 2. The quantitative estimate of drug-likeness (QED) is 0.344. The highest BCUT2D eigenvalue weighted by Crippen LogP contribution is 2.01. The Hall–Kier alpha value is -0.275. The Labute approximate surface area is 62.7 Å². The maximum absolute atomic E-state index is 8.45. The summed E-state index contributed by atoms with van der Waals surface area (Å²) in [5.41, 5.74) is 0. The molecule has 0 saturated heterocycles. The van der Waals surface area contributed by atoms with Crippen LogP contribution >= 0.6 is 0 Å².